The summed E-state index contributed by atoms with van der Waals surface area (Å²) >= 11 is 5.74. The molecule has 7 nitrogen and oxygen atoms in total. The van der Waals surface area contributed by atoms with Crippen LogP contribution in [-0.2, 0) is 17.4 Å². The molecular formula is C28H26ClF3N2O5. The van der Waals surface area contributed by atoms with Gasteiger partial charge in [0.25, 0.3) is 0 Å². The largest absolute Gasteiger partial charge is 0.493 e. The molecule has 39 heavy (non-hydrogen) atoms. The molecule has 1 aliphatic carbocycles. The summed E-state index contributed by atoms with van der Waals surface area (Å²) in [4.78, 5) is 25.5. The molecule has 11 heteroatoms. The summed E-state index contributed by atoms with van der Waals surface area (Å²) in [7, 11) is 4.48. The fourth-order valence-corrected chi connectivity index (χ4v) is 5.01. The molecule has 0 aromatic heterocycles. The van der Waals surface area contributed by atoms with Crippen molar-refractivity contribution in [3.05, 3.63) is 74.4 Å². The molecule has 0 fully saturated rings. The number of anilines is 2. The zero-order valence-corrected chi connectivity index (χ0v) is 22.3. The molecular weight excluding hydrogens is 537 g/mol. The Labute approximate surface area is 227 Å². The van der Waals surface area contributed by atoms with Gasteiger partial charge in [-0.1, -0.05) is 17.7 Å². The summed E-state index contributed by atoms with van der Waals surface area (Å²) < 4.78 is 57.0. The Balaban J connectivity index is 1.94. The Hall–Kier alpha value is -3.92. The van der Waals surface area contributed by atoms with Crippen LogP contribution in [0.1, 0.15) is 36.1 Å². The fourth-order valence-electron chi connectivity index (χ4n) is 4.79. The highest BCUT2D eigenvalue weighted by Crippen LogP contribution is 2.50. The topological polar surface area (TPSA) is 85.9 Å². The highest BCUT2D eigenvalue weighted by atomic mass is 35.5. The average Bonchev–Trinajstić information content (AvgIpc) is 3.12. The Morgan fingerprint density at radius 1 is 1.00 bits per heavy atom. The molecule has 0 spiro atoms. The average molecular weight is 563 g/mol. The van der Waals surface area contributed by atoms with Gasteiger partial charge in [0, 0.05) is 18.2 Å². The van der Waals surface area contributed by atoms with Gasteiger partial charge >= 0.3 is 6.18 Å². The molecule has 1 amide bonds. The minimum Gasteiger partial charge on any atom is -0.493 e. The third-order valence-corrected chi connectivity index (χ3v) is 6.80. The molecule has 0 aliphatic heterocycles. The van der Waals surface area contributed by atoms with Crippen molar-refractivity contribution in [3.8, 4) is 28.4 Å². The number of carbonyl (C=O) groups excluding carboxylic acids is 1. The van der Waals surface area contributed by atoms with Gasteiger partial charge in [-0.15, -0.1) is 0 Å². The number of carbonyl (C=O) groups is 1. The second-order valence-corrected chi connectivity index (χ2v) is 9.32. The van der Waals surface area contributed by atoms with E-state index >= 15 is 0 Å². The molecule has 4 rings (SSSR count). The highest BCUT2D eigenvalue weighted by molar-refractivity contribution is 6.31. The van der Waals surface area contributed by atoms with Crippen molar-refractivity contribution < 1.29 is 32.2 Å². The Kier molecular flexibility index (Phi) is 7.96. The minimum absolute atomic E-state index is 0.0288. The van der Waals surface area contributed by atoms with E-state index in [1.54, 1.807) is 6.07 Å². The van der Waals surface area contributed by atoms with E-state index in [1.807, 2.05) is 6.07 Å². The fraction of sp³-hybridized carbons (Fsp3) is 0.286. The molecule has 0 heterocycles. The van der Waals surface area contributed by atoms with Gasteiger partial charge in [0.05, 0.1) is 43.6 Å². The van der Waals surface area contributed by atoms with E-state index in [0.717, 1.165) is 17.7 Å². The van der Waals surface area contributed by atoms with Crippen molar-refractivity contribution in [1.82, 2.24) is 5.32 Å². The summed E-state index contributed by atoms with van der Waals surface area (Å²) in [6, 6.07) is 9.15. The van der Waals surface area contributed by atoms with Gasteiger partial charge in [0.15, 0.2) is 11.5 Å². The molecule has 0 saturated carbocycles. The van der Waals surface area contributed by atoms with Gasteiger partial charge in [-0.05, 0) is 65.9 Å². The molecule has 0 bridgehead atoms. The van der Waals surface area contributed by atoms with Gasteiger partial charge in [-0.3, -0.25) is 9.59 Å². The van der Waals surface area contributed by atoms with Gasteiger partial charge < -0.3 is 24.8 Å². The Bertz CT molecular complexity index is 1490. The van der Waals surface area contributed by atoms with Crippen LogP contribution in [0.15, 0.2) is 47.3 Å². The first kappa shape index (κ1) is 28.1. The standard InChI is InChI=1S/C28H26ClF3N2O5/c1-14(35)33-21-9-5-15-11-24(37-2)26(38-3)27(39-4)25(15)17-7-10-22(23(36)13-18(17)21)34-16-6-8-20(29)19(12-16)28(30,31)32/h6-8,10-13,21H,5,9H2,1-4H3,(H,33,35)(H,34,36). The smallest absolute Gasteiger partial charge is 0.417 e. The number of rotatable bonds is 6. The number of hydrogen-bond donors (Lipinski definition) is 2. The van der Waals surface area contributed by atoms with E-state index in [1.165, 1.54) is 46.5 Å². The number of methoxy groups -OCH3 is 3. The molecule has 1 aliphatic rings. The number of hydrogen-bond acceptors (Lipinski definition) is 6. The molecule has 1 unspecified atom stereocenters. The van der Waals surface area contributed by atoms with Crippen molar-refractivity contribution in [1.29, 1.82) is 0 Å². The van der Waals surface area contributed by atoms with Gasteiger partial charge in [-0.2, -0.15) is 13.2 Å². The van der Waals surface area contributed by atoms with Gasteiger partial charge in [0.1, 0.15) is 0 Å². The van der Waals surface area contributed by atoms with E-state index in [-0.39, 0.29) is 17.3 Å². The summed E-state index contributed by atoms with van der Waals surface area (Å²) in [5.41, 5.74) is 1.18. The number of fused-ring (bicyclic) bond motifs is 3. The number of aryl methyl sites for hydroxylation is 1. The van der Waals surface area contributed by atoms with Crippen LogP contribution in [0.2, 0.25) is 5.02 Å². The summed E-state index contributed by atoms with van der Waals surface area (Å²) in [6.07, 6.45) is -3.67. The number of alkyl halides is 3. The predicted molar refractivity (Wildman–Crippen MR) is 142 cm³/mol. The molecule has 3 aromatic carbocycles. The minimum atomic E-state index is -4.67. The third-order valence-electron chi connectivity index (χ3n) is 6.47. The van der Waals surface area contributed by atoms with Crippen LogP contribution >= 0.6 is 11.6 Å². The van der Waals surface area contributed by atoms with E-state index < -0.39 is 28.2 Å². The first-order valence-electron chi connectivity index (χ1n) is 11.9. The van der Waals surface area contributed by atoms with Crippen molar-refractivity contribution in [2.24, 2.45) is 0 Å². The maximum Gasteiger partial charge on any atom is 0.417 e. The quantitative estimate of drug-likeness (QED) is 0.368. The molecule has 3 aromatic rings. The first-order chi connectivity index (χ1) is 18.5. The lowest BCUT2D eigenvalue weighted by molar-refractivity contribution is -0.137. The molecule has 1 atom stereocenters. The monoisotopic (exact) mass is 562 g/mol. The SMILES string of the molecule is COc1cc2c(c(OC)c1OC)-c1ccc(Nc3ccc(Cl)c(C(F)(F)F)c3)c(=O)cc1C(NC(C)=O)CC2. The maximum absolute atomic E-state index is 13.4. The normalized spacial score (nSPS) is 14.4. The summed E-state index contributed by atoms with van der Waals surface area (Å²) in [5, 5.41) is 5.24. The van der Waals surface area contributed by atoms with Crippen LogP contribution < -0.4 is 30.3 Å². The lowest BCUT2D eigenvalue weighted by Gasteiger charge is -2.19. The second-order valence-electron chi connectivity index (χ2n) is 8.91. The first-order valence-corrected chi connectivity index (χ1v) is 12.3. The Morgan fingerprint density at radius 3 is 2.33 bits per heavy atom. The zero-order chi connectivity index (χ0) is 28.5. The molecule has 0 radical (unpaired) electrons. The zero-order valence-electron chi connectivity index (χ0n) is 21.6. The van der Waals surface area contributed by atoms with E-state index in [9.17, 15) is 22.8 Å². The highest BCUT2D eigenvalue weighted by Gasteiger charge is 2.33. The van der Waals surface area contributed by atoms with Crippen molar-refractivity contribution in [2.45, 2.75) is 32.0 Å². The number of nitrogens with one attached hydrogen (secondary N) is 2. The summed E-state index contributed by atoms with van der Waals surface area (Å²) in [5.74, 6) is 0.924. The van der Waals surface area contributed by atoms with Gasteiger partial charge in [-0.25, -0.2) is 0 Å². The van der Waals surface area contributed by atoms with Crippen molar-refractivity contribution in [2.75, 3.05) is 26.6 Å². The van der Waals surface area contributed by atoms with Crippen LogP contribution in [0.3, 0.4) is 0 Å². The summed E-state index contributed by atoms with van der Waals surface area (Å²) in [6.45, 7) is 1.39. The number of ether oxygens (including phenoxy) is 3. The van der Waals surface area contributed by atoms with Crippen molar-refractivity contribution >= 4 is 28.9 Å². The Morgan fingerprint density at radius 2 is 1.72 bits per heavy atom. The maximum atomic E-state index is 13.4. The van der Waals surface area contributed by atoms with Crippen LogP contribution in [-0.4, -0.2) is 27.2 Å². The van der Waals surface area contributed by atoms with Gasteiger partial charge in [0.2, 0.25) is 17.1 Å². The number of halogens is 4. The van der Waals surface area contributed by atoms with Crippen LogP contribution in [0.5, 0.6) is 17.2 Å². The van der Waals surface area contributed by atoms with E-state index in [4.69, 9.17) is 25.8 Å². The number of amides is 1. The van der Waals surface area contributed by atoms with Crippen LogP contribution in [0.4, 0.5) is 24.5 Å². The molecule has 0 saturated heterocycles. The third kappa shape index (κ3) is 5.61. The van der Waals surface area contributed by atoms with Crippen LogP contribution in [0, 0.1) is 0 Å². The molecule has 206 valence electrons. The lowest BCUT2D eigenvalue weighted by atomic mass is 9.95. The second kappa shape index (κ2) is 11.1. The lowest BCUT2D eigenvalue weighted by Crippen LogP contribution is -2.26. The van der Waals surface area contributed by atoms with E-state index in [2.05, 4.69) is 10.6 Å². The van der Waals surface area contributed by atoms with Crippen molar-refractivity contribution in [3.63, 3.8) is 0 Å². The van der Waals surface area contributed by atoms with Crippen LogP contribution in [0.25, 0.3) is 11.1 Å². The molecule has 2 N–H and O–H groups in total. The predicted octanol–water partition coefficient (Wildman–Crippen LogP) is 6.28. The number of benzene rings is 2. The van der Waals surface area contributed by atoms with E-state index in [0.29, 0.717) is 46.8 Å².